The molecule has 1 amide bonds. The summed E-state index contributed by atoms with van der Waals surface area (Å²) in [5.74, 6) is 0.801. The van der Waals surface area contributed by atoms with Gasteiger partial charge < -0.3 is 10.2 Å². The van der Waals surface area contributed by atoms with E-state index in [0.717, 1.165) is 30.5 Å². The molecule has 2 rings (SSSR count). The Balaban J connectivity index is 2.10. The molecule has 4 heteroatoms. The van der Waals surface area contributed by atoms with Crippen molar-refractivity contribution in [2.24, 2.45) is 5.92 Å². The topological polar surface area (TPSA) is 32.3 Å². The molecule has 1 N–H and O–H groups in total. The highest BCUT2D eigenvalue weighted by Crippen LogP contribution is 2.28. The van der Waals surface area contributed by atoms with Gasteiger partial charge in [0.1, 0.15) is 0 Å². The molecule has 1 fully saturated rings. The summed E-state index contributed by atoms with van der Waals surface area (Å²) < 4.78 is 1.08. The fraction of sp³-hybridized carbons (Fsp3) is 0.562. The third-order valence-electron chi connectivity index (χ3n) is 3.94. The molecule has 1 aliphatic rings. The standard InChI is InChI=1S/C16H23BrN2O/c1-3-8-19(16(20)9-13-10-18-11-13)12(2)14-6-4-5-7-15(14)17/h4-7,12-13,18H,3,8-11H2,1-2H3. The van der Waals surface area contributed by atoms with Crippen LogP contribution in [-0.2, 0) is 4.79 Å². The van der Waals surface area contributed by atoms with E-state index >= 15 is 0 Å². The predicted molar refractivity (Wildman–Crippen MR) is 85.5 cm³/mol. The average Bonchev–Trinajstić information content (AvgIpc) is 2.40. The molecule has 1 atom stereocenters. The summed E-state index contributed by atoms with van der Waals surface area (Å²) in [6.45, 7) is 7.02. The second-order valence-electron chi connectivity index (χ2n) is 5.51. The van der Waals surface area contributed by atoms with Crippen molar-refractivity contribution in [3.63, 3.8) is 0 Å². The summed E-state index contributed by atoms with van der Waals surface area (Å²) in [5.41, 5.74) is 1.18. The number of carbonyl (C=O) groups excluding carboxylic acids is 1. The maximum atomic E-state index is 12.5. The number of amides is 1. The molecule has 20 heavy (non-hydrogen) atoms. The van der Waals surface area contributed by atoms with Gasteiger partial charge in [-0.05, 0) is 44.0 Å². The molecule has 1 aromatic rings. The fourth-order valence-electron chi connectivity index (χ4n) is 2.61. The van der Waals surface area contributed by atoms with Crippen LogP contribution in [0.4, 0.5) is 0 Å². The van der Waals surface area contributed by atoms with Gasteiger partial charge in [0.05, 0.1) is 6.04 Å². The molecular formula is C16H23BrN2O. The van der Waals surface area contributed by atoms with Crippen molar-refractivity contribution in [3.05, 3.63) is 34.3 Å². The van der Waals surface area contributed by atoms with Gasteiger partial charge in [0, 0.05) is 17.4 Å². The van der Waals surface area contributed by atoms with E-state index in [9.17, 15) is 4.79 Å². The van der Waals surface area contributed by atoms with Crippen LogP contribution in [-0.4, -0.2) is 30.4 Å². The van der Waals surface area contributed by atoms with Crippen LogP contribution >= 0.6 is 15.9 Å². The van der Waals surface area contributed by atoms with Gasteiger partial charge in [0.15, 0.2) is 0 Å². The zero-order valence-corrected chi connectivity index (χ0v) is 13.8. The number of hydrogen-bond acceptors (Lipinski definition) is 2. The zero-order valence-electron chi connectivity index (χ0n) is 12.2. The van der Waals surface area contributed by atoms with Crippen LogP contribution in [0.25, 0.3) is 0 Å². The lowest BCUT2D eigenvalue weighted by molar-refractivity contribution is -0.134. The Morgan fingerprint density at radius 3 is 2.70 bits per heavy atom. The molecule has 1 saturated heterocycles. The Kier molecular flexibility index (Phi) is 5.61. The highest BCUT2D eigenvalue weighted by atomic mass is 79.9. The van der Waals surface area contributed by atoms with Crippen LogP contribution in [0.15, 0.2) is 28.7 Å². The van der Waals surface area contributed by atoms with Gasteiger partial charge >= 0.3 is 0 Å². The predicted octanol–water partition coefficient (Wildman–Crippen LogP) is 3.36. The van der Waals surface area contributed by atoms with Crippen LogP contribution in [0.2, 0.25) is 0 Å². The molecule has 110 valence electrons. The van der Waals surface area contributed by atoms with E-state index in [-0.39, 0.29) is 11.9 Å². The number of benzene rings is 1. The number of rotatable bonds is 6. The van der Waals surface area contributed by atoms with E-state index in [0.29, 0.717) is 12.3 Å². The summed E-state index contributed by atoms with van der Waals surface area (Å²) in [7, 11) is 0. The van der Waals surface area contributed by atoms with Gasteiger partial charge in [-0.15, -0.1) is 0 Å². The lowest BCUT2D eigenvalue weighted by atomic mass is 9.97. The minimum absolute atomic E-state index is 0.117. The molecular weight excluding hydrogens is 316 g/mol. The SMILES string of the molecule is CCCN(C(=O)CC1CNC1)C(C)c1ccccc1Br. The van der Waals surface area contributed by atoms with Crippen LogP contribution < -0.4 is 5.32 Å². The molecule has 0 spiro atoms. The molecule has 1 aliphatic heterocycles. The Bertz CT molecular complexity index is 460. The van der Waals surface area contributed by atoms with Gasteiger partial charge in [-0.2, -0.15) is 0 Å². The monoisotopic (exact) mass is 338 g/mol. The van der Waals surface area contributed by atoms with Crippen molar-refractivity contribution >= 4 is 21.8 Å². The maximum absolute atomic E-state index is 12.5. The fourth-order valence-corrected chi connectivity index (χ4v) is 3.23. The molecule has 0 radical (unpaired) electrons. The third kappa shape index (κ3) is 3.61. The third-order valence-corrected chi connectivity index (χ3v) is 4.66. The van der Waals surface area contributed by atoms with E-state index in [1.54, 1.807) is 0 Å². The first-order valence-corrected chi connectivity index (χ1v) is 8.17. The Morgan fingerprint density at radius 1 is 1.45 bits per heavy atom. The zero-order chi connectivity index (χ0) is 14.5. The van der Waals surface area contributed by atoms with Crippen LogP contribution in [0, 0.1) is 5.92 Å². The molecule has 0 bridgehead atoms. The quantitative estimate of drug-likeness (QED) is 0.862. The van der Waals surface area contributed by atoms with Gasteiger partial charge in [-0.1, -0.05) is 41.1 Å². The van der Waals surface area contributed by atoms with Crippen molar-refractivity contribution in [1.82, 2.24) is 10.2 Å². The first kappa shape index (κ1) is 15.5. The van der Waals surface area contributed by atoms with Gasteiger partial charge in [0.25, 0.3) is 0 Å². The summed E-state index contributed by atoms with van der Waals surface area (Å²) in [6.07, 6.45) is 1.66. The van der Waals surface area contributed by atoms with E-state index in [4.69, 9.17) is 0 Å². The lowest BCUT2D eigenvalue weighted by Crippen LogP contribution is -2.45. The summed E-state index contributed by atoms with van der Waals surface area (Å²) >= 11 is 3.59. The van der Waals surface area contributed by atoms with Gasteiger partial charge in [0.2, 0.25) is 5.91 Å². The second kappa shape index (κ2) is 7.23. The van der Waals surface area contributed by atoms with Crippen LogP contribution in [0.5, 0.6) is 0 Å². The molecule has 1 aromatic carbocycles. The van der Waals surface area contributed by atoms with Crippen LogP contribution in [0.1, 0.15) is 38.3 Å². The molecule has 3 nitrogen and oxygen atoms in total. The van der Waals surface area contributed by atoms with Gasteiger partial charge in [-0.3, -0.25) is 4.79 Å². The largest absolute Gasteiger partial charge is 0.336 e. The highest BCUT2D eigenvalue weighted by molar-refractivity contribution is 9.10. The molecule has 1 heterocycles. The Labute approximate surface area is 129 Å². The number of halogens is 1. The van der Waals surface area contributed by atoms with Crippen molar-refractivity contribution in [1.29, 1.82) is 0 Å². The first-order valence-electron chi connectivity index (χ1n) is 7.38. The highest BCUT2D eigenvalue weighted by Gasteiger charge is 2.26. The van der Waals surface area contributed by atoms with E-state index in [1.165, 1.54) is 5.56 Å². The van der Waals surface area contributed by atoms with Gasteiger partial charge in [-0.25, -0.2) is 0 Å². The average molecular weight is 339 g/mol. The number of nitrogens with one attached hydrogen (secondary N) is 1. The van der Waals surface area contributed by atoms with E-state index in [1.807, 2.05) is 23.1 Å². The van der Waals surface area contributed by atoms with E-state index < -0.39 is 0 Å². The first-order chi connectivity index (χ1) is 9.63. The maximum Gasteiger partial charge on any atom is 0.223 e. The van der Waals surface area contributed by atoms with Crippen molar-refractivity contribution in [2.75, 3.05) is 19.6 Å². The lowest BCUT2D eigenvalue weighted by Gasteiger charge is -2.33. The molecule has 0 aliphatic carbocycles. The van der Waals surface area contributed by atoms with Crippen molar-refractivity contribution in [2.45, 2.75) is 32.7 Å². The second-order valence-corrected chi connectivity index (χ2v) is 6.37. The molecule has 0 aromatic heterocycles. The van der Waals surface area contributed by atoms with Crippen LogP contribution in [0.3, 0.4) is 0 Å². The minimum Gasteiger partial charge on any atom is -0.336 e. The summed E-state index contributed by atoms with van der Waals surface area (Å²) in [5, 5.41) is 3.23. The van der Waals surface area contributed by atoms with E-state index in [2.05, 4.69) is 41.2 Å². The van der Waals surface area contributed by atoms with Crippen molar-refractivity contribution < 1.29 is 4.79 Å². The van der Waals surface area contributed by atoms with Crippen molar-refractivity contribution in [3.8, 4) is 0 Å². The smallest absolute Gasteiger partial charge is 0.223 e. The Hall–Kier alpha value is -0.870. The molecule has 1 unspecified atom stereocenters. The number of nitrogens with zero attached hydrogens (tertiary/aromatic N) is 1. The Morgan fingerprint density at radius 2 is 2.15 bits per heavy atom. The number of carbonyl (C=O) groups is 1. The number of hydrogen-bond donors (Lipinski definition) is 1. The summed E-state index contributed by atoms with van der Waals surface area (Å²) in [4.78, 5) is 14.6. The molecule has 0 saturated carbocycles. The minimum atomic E-state index is 0.117. The normalized spacial score (nSPS) is 16.6. The summed E-state index contributed by atoms with van der Waals surface area (Å²) in [6, 6.07) is 8.28.